The molecule has 2 rings (SSSR count). The lowest BCUT2D eigenvalue weighted by Crippen LogP contribution is -1.87. The van der Waals surface area contributed by atoms with Gasteiger partial charge in [-0.15, -0.1) is 0 Å². The lowest BCUT2D eigenvalue weighted by Gasteiger charge is -2.07. The van der Waals surface area contributed by atoms with Gasteiger partial charge in [-0.2, -0.15) is 0 Å². The van der Waals surface area contributed by atoms with Gasteiger partial charge in [-0.1, -0.05) is 56.9 Å². The van der Waals surface area contributed by atoms with Crippen molar-refractivity contribution in [3.05, 3.63) is 68.7 Å². The molecule has 0 aliphatic rings. The van der Waals surface area contributed by atoms with Crippen LogP contribution < -0.4 is 0 Å². The zero-order valence-corrected chi connectivity index (χ0v) is 14.6. The van der Waals surface area contributed by atoms with Crippen LogP contribution in [0.15, 0.2) is 36.4 Å². The first-order valence-electron chi connectivity index (χ1n) is 6.31. The SMILES string of the molecule is Cc1cc(Cl)ccc1CSSCc1ccc(Cl)cc1C. The van der Waals surface area contributed by atoms with Crippen LogP contribution in [0.1, 0.15) is 22.3 Å². The van der Waals surface area contributed by atoms with Crippen LogP contribution >= 0.6 is 44.8 Å². The van der Waals surface area contributed by atoms with E-state index in [-0.39, 0.29) is 0 Å². The Bertz CT molecular complexity index is 544. The van der Waals surface area contributed by atoms with Gasteiger partial charge in [0.25, 0.3) is 0 Å². The summed E-state index contributed by atoms with van der Waals surface area (Å²) in [5.41, 5.74) is 5.21. The molecule has 0 atom stereocenters. The van der Waals surface area contributed by atoms with Gasteiger partial charge >= 0.3 is 0 Å². The third-order valence-corrected chi connectivity index (χ3v) is 5.82. The Labute approximate surface area is 138 Å². The quantitative estimate of drug-likeness (QED) is 0.438. The van der Waals surface area contributed by atoms with Crippen molar-refractivity contribution in [3.8, 4) is 0 Å². The number of hydrogen-bond donors (Lipinski definition) is 0. The topological polar surface area (TPSA) is 0 Å². The van der Waals surface area contributed by atoms with E-state index in [0.29, 0.717) is 0 Å². The summed E-state index contributed by atoms with van der Waals surface area (Å²) in [5.74, 6) is 2.00. The van der Waals surface area contributed by atoms with Crippen molar-refractivity contribution in [2.24, 2.45) is 0 Å². The first-order chi connectivity index (χ1) is 9.56. The molecule has 0 aliphatic carbocycles. The highest BCUT2D eigenvalue weighted by Crippen LogP contribution is 2.32. The van der Waals surface area contributed by atoms with E-state index in [9.17, 15) is 0 Å². The summed E-state index contributed by atoms with van der Waals surface area (Å²) < 4.78 is 0. The summed E-state index contributed by atoms with van der Waals surface area (Å²) in [6.07, 6.45) is 0. The lowest BCUT2D eigenvalue weighted by molar-refractivity contribution is 1.31. The molecule has 2 aromatic rings. The van der Waals surface area contributed by atoms with Crippen LogP contribution in [0.25, 0.3) is 0 Å². The summed E-state index contributed by atoms with van der Waals surface area (Å²) >= 11 is 11.9. The summed E-state index contributed by atoms with van der Waals surface area (Å²) in [6, 6.07) is 12.2. The summed E-state index contributed by atoms with van der Waals surface area (Å²) in [4.78, 5) is 0. The van der Waals surface area contributed by atoms with E-state index in [1.54, 1.807) is 0 Å². The average molecular weight is 343 g/mol. The number of benzene rings is 2. The molecular weight excluding hydrogens is 327 g/mol. The van der Waals surface area contributed by atoms with Gasteiger partial charge in [0, 0.05) is 21.6 Å². The largest absolute Gasteiger partial charge is 0.0890 e. The van der Waals surface area contributed by atoms with Gasteiger partial charge in [0.15, 0.2) is 0 Å². The number of halogens is 2. The molecule has 0 N–H and O–H groups in total. The fraction of sp³-hybridized carbons (Fsp3) is 0.250. The third-order valence-electron chi connectivity index (χ3n) is 3.12. The predicted molar refractivity (Wildman–Crippen MR) is 95.0 cm³/mol. The number of aryl methyl sites for hydroxylation is 2. The van der Waals surface area contributed by atoms with E-state index >= 15 is 0 Å². The second kappa shape index (κ2) is 7.65. The minimum atomic E-state index is 0.806. The molecule has 4 heteroatoms. The second-order valence-electron chi connectivity index (χ2n) is 4.67. The van der Waals surface area contributed by atoms with Crippen LogP contribution in [0, 0.1) is 13.8 Å². The first kappa shape index (κ1) is 16.1. The maximum absolute atomic E-state index is 5.97. The van der Waals surface area contributed by atoms with Crippen LogP contribution in [0.4, 0.5) is 0 Å². The van der Waals surface area contributed by atoms with Crippen molar-refractivity contribution in [3.63, 3.8) is 0 Å². The third kappa shape index (κ3) is 4.63. The van der Waals surface area contributed by atoms with Crippen LogP contribution in [-0.2, 0) is 11.5 Å². The predicted octanol–water partition coefficient (Wildman–Crippen LogP) is 6.69. The number of hydrogen-bond acceptors (Lipinski definition) is 2. The van der Waals surface area contributed by atoms with Crippen molar-refractivity contribution in [1.82, 2.24) is 0 Å². The van der Waals surface area contributed by atoms with E-state index < -0.39 is 0 Å². The summed E-state index contributed by atoms with van der Waals surface area (Å²) in [5, 5.41) is 1.61. The van der Waals surface area contributed by atoms with Crippen LogP contribution in [0.2, 0.25) is 10.0 Å². The molecule has 0 nitrogen and oxygen atoms in total. The molecule has 0 saturated carbocycles. The van der Waals surface area contributed by atoms with Crippen molar-refractivity contribution < 1.29 is 0 Å². The van der Waals surface area contributed by atoms with E-state index in [2.05, 4.69) is 26.0 Å². The standard InChI is InChI=1S/C16H16Cl2S2/c1-11-7-15(17)5-3-13(11)9-19-20-10-14-4-6-16(18)8-12(14)2/h3-8H,9-10H2,1-2H3. The zero-order valence-electron chi connectivity index (χ0n) is 11.5. The Morgan fingerprint density at radius 1 is 0.750 bits per heavy atom. The maximum Gasteiger partial charge on any atom is 0.0408 e. The molecule has 0 heterocycles. The highest BCUT2D eigenvalue weighted by Gasteiger charge is 2.02. The molecule has 0 saturated heterocycles. The first-order valence-corrected chi connectivity index (χ1v) is 9.55. The fourth-order valence-electron chi connectivity index (χ4n) is 1.85. The van der Waals surface area contributed by atoms with Gasteiger partial charge < -0.3 is 0 Å². The number of rotatable bonds is 5. The average Bonchev–Trinajstić information content (AvgIpc) is 2.39. The van der Waals surface area contributed by atoms with Gasteiger partial charge in [-0.05, 0) is 60.4 Å². The van der Waals surface area contributed by atoms with Gasteiger partial charge in [-0.25, -0.2) is 0 Å². The van der Waals surface area contributed by atoms with Crippen molar-refractivity contribution in [2.45, 2.75) is 25.4 Å². The van der Waals surface area contributed by atoms with E-state index in [0.717, 1.165) is 21.6 Å². The highest BCUT2D eigenvalue weighted by molar-refractivity contribution is 8.76. The molecule has 0 spiro atoms. The Morgan fingerprint density at radius 3 is 1.50 bits per heavy atom. The Balaban J connectivity index is 1.84. The van der Waals surface area contributed by atoms with Gasteiger partial charge in [0.1, 0.15) is 0 Å². The molecule has 0 fully saturated rings. The van der Waals surface area contributed by atoms with Gasteiger partial charge in [-0.3, -0.25) is 0 Å². The molecule has 0 radical (unpaired) electrons. The van der Waals surface area contributed by atoms with Crippen LogP contribution in [0.3, 0.4) is 0 Å². The van der Waals surface area contributed by atoms with Crippen LogP contribution in [-0.4, -0.2) is 0 Å². The van der Waals surface area contributed by atoms with E-state index in [1.807, 2.05) is 45.9 Å². The van der Waals surface area contributed by atoms with Crippen molar-refractivity contribution in [2.75, 3.05) is 0 Å². The lowest BCUT2D eigenvalue weighted by atomic mass is 10.1. The van der Waals surface area contributed by atoms with Gasteiger partial charge in [0.05, 0.1) is 0 Å². The molecule has 0 unspecified atom stereocenters. The maximum atomic E-state index is 5.97. The molecule has 106 valence electrons. The molecule has 0 aromatic heterocycles. The minimum absolute atomic E-state index is 0.806. The minimum Gasteiger partial charge on any atom is -0.0890 e. The van der Waals surface area contributed by atoms with E-state index in [1.165, 1.54) is 22.3 Å². The van der Waals surface area contributed by atoms with Crippen LogP contribution in [0.5, 0.6) is 0 Å². The Morgan fingerprint density at radius 2 is 1.15 bits per heavy atom. The van der Waals surface area contributed by atoms with Gasteiger partial charge in [0.2, 0.25) is 0 Å². The molecule has 20 heavy (non-hydrogen) atoms. The molecule has 0 amide bonds. The molecule has 2 aromatic carbocycles. The molecular formula is C16H16Cl2S2. The zero-order chi connectivity index (χ0) is 14.5. The monoisotopic (exact) mass is 342 g/mol. The second-order valence-corrected chi connectivity index (χ2v) is 8.00. The smallest absolute Gasteiger partial charge is 0.0408 e. The van der Waals surface area contributed by atoms with E-state index in [4.69, 9.17) is 23.2 Å². The molecule has 0 bridgehead atoms. The van der Waals surface area contributed by atoms with Crippen molar-refractivity contribution in [1.29, 1.82) is 0 Å². The summed E-state index contributed by atoms with van der Waals surface area (Å²) in [7, 11) is 3.75. The Hall–Kier alpha value is -0.280. The fourth-order valence-corrected chi connectivity index (χ4v) is 4.64. The Kier molecular flexibility index (Phi) is 6.16. The van der Waals surface area contributed by atoms with Crippen molar-refractivity contribution >= 4 is 44.8 Å². The summed E-state index contributed by atoms with van der Waals surface area (Å²) in [6.45, 7) is 4.21. The molecule has 0 aliphatic heterocycles. The highest BCUT2D eigenvalue weighted by atomic mass is 35.5. The normalized spacial score (nSPS) is 10.8.